The Labute approximate surface area is 136 Å². The minimum Gasteiger partial charge on any atom is -0.493 e. The molecule has 1 N–H and O–H groups in total. The molecule has 0 saturated carbocycles. The number of carbonyl (C=O) groups is 1. The van der Waals surface area contributed by atoms with Gasteiger partial charge in [-0.25, -0.2) is 0 Å². The van der Waals surface area contributed by atoms with E-state index in [1.807, 2.05) is 6.07 Å². The van der Waals surface area contributed by atoms with Crippen molar-refractivity contribution < 1.29 is 14.3 Å². The van der Waals surface area contributed by atoms with Crippen molar-refractivity contribution in [1.82, 2.24) is 10.2 Å². The number of likely N-dealkylation sites (tertiary alicyclic amines) is 1. The van der Waals surface area contributed by atoms with Crippen LogP contribution in [0.1, 0.15) is 24.8 Å². The smallest absolute Gasteiger partial charge is 0.237 e. The quantitative estimate of drug-likeness (QED) is 0.903. The first-order valence-electron chi connectivity index (χ1n) is 7.46. The summed E-state index contributed by atoms with van der Waals surface area (Å²) in [6, 6.07) is 3.50. The molecule has 1 aliphatic rings. The van der Waals surface area contributed by atoms with Gasteiger partial charge in [-0.1, -0.05) is 18.0 Å². The van der Waals surface area contributed by atoms with Gasteiger partial charge in [0.1, 0.15) is 0 Å². The van der Waals surface area contributed by atoms with Gasteiger partial charge in [-0.15, -0.1) is 0 Å². The van der Waals surface area contributed by atoms with Crippen LogP contribution >= 0.6 is 11.6 Å². The first-order chi connectivity index (χ1) is 10.6. The number of rotatable bonds is 5. The van der Waals surface area contributed by atoms with Crippen molar-refractivity contribution in [3.05, 3.63) is 22.7 Å². The monoisotopic (exact) mass is 326 g/mol. The average molecular weight is 327 g/mol. The zero-order valence-electron chi connectivity index (χ0n) is 13.3. The summed E-state index contributed by atoms with van der Waals surface area (Å²) in [5.41, 5.74) is 0.933. The molecule has 22 heavy (non-hydrogen) atoms. The zero-order valence-corrected chi connectivity index (χ0v) is 14.1. The summed E-state index contributed by atoms with van der Waals surface area (Å²) in [6.45, 7) is 1.49. The second-order valence-electron chi connectivity index (χ2n) is 5.40. The minimum atomic E-state index is -0.103. The number of benzene rings is 1. The van der Waals surface area contributed by atoms with Crippen LogP contribution < -0.4 is 14.8 Å². The Bertz CT molecular complexity index is 536. The number of amides is 1. The number of nitrogens with one attached hydrogen (secondary N) is 1. The molecule has 0 radical (unpaired) electrons. The molecule has 1 saturated heterocycles. The minimum absolute atomic E-state index is 0.0626. The van der Waals surface area contributed by atoms with Crippen LogP contribution in [0.25, 0.3) is 0 Å². The number of carbonyl (C=O) groups excluding carboxylic acids is 1. The summed E-state index contributed by atoms with van der Waals surface area (Å²) in [6.07, 6.45) is 3.04. The summed E-state index contributed by atoms with van der Waals surface area (Å²) in [5.74, 6) is 1.35. The van der Waals surface area contributed by atoms with Crippen LogP contribution in [0.3, 0.4) is 0 Å². The Kier molecular flexibility index (Phi) is 5.91. The van der Waals surface area contributed by atoms with E-state index in [-0.39, 0.29) is 11.9 Å². The molecular weight excluding hydrogens is 304 g/mol. The highest BCUT2D eigenvalue weighted by atomic mass is 35.5. The van der Waals surface area contributed by atoms with Gasteiger partial charge < -0.3 is 14.8 Å². The maximum atomic E-state index is 12.1. The van der Waals surface area contributed by atoms with Crippen LogP contribution in [0, 0.1) is 0 Å². The molecule has 1 aliphatic heterocycles. The van der Waals surface area contributed by atoms with E-state index in [4.69, 9.17) is 21.1 Å². The number of ether oxygens (including phenoxy) is 2. The van der Waals surface area contributed by atoms with Crippen LogP contribution in [0.5, 0.6) is 11.5 Å². The fourth-order valence-electron chi connectivity index (χ4n) is 2.99. The molecule has 122 valence electrons. The summed E-state index contributed by atoms with van der Waals surface area (Å²) < 4.78 is 10.8. The molecule has 1 aromatic carbocycles. The van der Waals surface area contributed by atoms with Crippen LogP contribution in [0.4, 0.5) is 0 Å². The molecule has 1 aromatic rings. The van der Waals surface area contributed by atoms with E-state index in [0.29, 0.717) is 23.1 Å². The standard InChI is InChI=1S/C16H23ClN2O3/c1-18-16(20)13-6-4-5-7-19(13)10-11-8-12(17)9-14(21-2)15(11)22-3/h8-9,13H,4-7,10H2,1-3H3,(H,18,20)/t13-/m1/s1. The molecule has 5 nitrogen and oxygen atoms in total. The van der Waals surface area contributed by atoms with Crippen molar-refractivity contribution in [3.8, 4) is 11.5 Å². The molecule has 0 aromatic heterocycles. The first kappa shape index (κ1) is 16.9. The highest BCUT2D eigenvalue weighted by molar-refractivity contribution is 6.30. The maximum Gasteiger partial charge on any atom is 0.237 e. The molecule has 1 amide bonds. The van der Waals surface area contributed by atoms with Crippen molar-refractivity contribution in [3.63, 3.8) is 0 Å². The maximum absolute atomic E-state index is 12.1. The van der Waals surface area contributed by atoms with Crippen molar-refractivity contribution >= 4 is 17.5 Å². The average Bonchev–Trinajstić information content (AvgIpc) is 2.54. The topological polar surface area (TPSA) is 50.8 Å². The van der Waals surface area contributed by atoms with Gasteiger partial charge in [0.25, 0.3) is 0 Å². The second-order valence-corrected chi connectivity index (χ2v) is 5.83. The van der Waals surface area contributed by atoms with Gasteiger partial charge in [0.15, 0.2) is 11.5 Å². The normalized spacial score (nSPS) is 18.8. The highest BCUT2D eigenvalue weighted by Crippen LogP contribution is 2.36. The van der Waals surface area contributed by atoms with E-state index >= 15 is 0 Å². The van der Waals surface area contributed by atoms with E-state index in [1.165, 1.54) is 0 Å². The van der Waals surface area contributed by atoms with Crippen LogP contribution in [0.15, 0.2) is 12.1 Å². The van der Waals surface area contributed by atoms with E-state index in [9.17, 15) is 4.79 Å². The third-order valence-corrected chi connectivity index (χ3v) is 4.27. The second kappa shape index (κ2) is 7.70. The van der Waals surface area contributed by atoms with Gasteiger partial charge in [-0.2, -0.15) is 0 Å². The number of hydrogen-bond donors (Lipinski definition) is 1. The number of halogens is 1. The van der Waals surface area contributed by atoms with Gasteiger partial charge in [-0.3, -0.25) is 9.69 Å². The molecule has 0 unspecified atom stereocenters. The van der Waals surface area contributed by atoms with Crippen molar-refractivity contribution in [2.45, 2.75) is 31.8 Å². The third kappa shape index (κ3) is 3.65. The predicted molar refractivity (Wildman–Crippen MR) is 86.7 cm³/mol. The molecule has 1 fully saturated rings. The molecule has 2 rings (SSSR count). The summed E-state index contributed by atoms with van der Waals surface area (Å²) in [5, 5.41) is 3.35. The van der Waals surface area contributed by atoms with Crippen LogP contribution in [-0.2, 0) is 11.3 Å². The largest absolute Gasteiger partial charge is 0.493 e. The summed E-state index contributed by atoms with van der Waals surface area (Å²) in [7, 11) is 4.88. The van der Waals surface area contributed by atoms with E-state index in [2.05, 4.69) is 10.2 Å². The van der Waals surface area contributed by atoms with Crippen LogP contribution in [-0.4, -0.2) is 44.7 Å². The Morgan fingerprint density at radius 2 is 2.14 bits per heavy atom. The van der Waals surface area contributed by atoms with Gasteiger partial charge in [-0.05, 0) is 25.5 Å². The SMILES string of the molecule is CNC(=O)[C@H]1CCCCN1Cc1cc(Cl)cc(OC)c1OC. The number of hydrogen-bond acceptors (Lipinski definition) is 4. The lowest BCUT2D eigenvalue weighted by atomic mass is 10.00. The molecule has 6 heteroatoms. The Morgan fingerprint density at radius 1 is 1.36 bits per heavy atom. The summed E-state index contributed by atoms with van der Waals surface area (Å²) >= 11 is 6.17. The van der Waals surface area contributed by atoms with Gasteiger partial charge in [0.05, 0.1) is 20.3 Å². The molecule has 1 atom stereocenters. The predicted octanol–water partition coefficient (Wildman–Crippen LogP) is 2.46. The number of piperidine rings is 1. The highest BCUT2D eigenvalue weighted by Gasteiger charge is 2.29. The fourth-order valence-corrected chi connectivity index (χ4v) is 3.22. The molecule has 1 heterocycles. The Hall–Kier alpha value is -1.46. The lowest BCUT2D eigenvalue weighted by Crippen LogP contribution is -2.48. The van der Waals surface area contributed by atoms with E-state index in [1.54, 1.807) is 27.3 Å². The fraction of sp³-hybridized carbons (Fsp3) is 0.562. The van der Waals surface area contributed by atoms with Gasteiger partial charge in [0.2, 0.25) is 5.91 Å². The first-order valence-corrected chi connectivity index (χ1v) is 7.84. The lowest BCUT2D eigenvalue weighted by molar-refractivity contribution is -0.127. The third-order valence-electron chi connectivity index (χ3n) is 4.06. The van der Waals surface area contributed by atoms with Gasteiger partial charge in [0, 0.05) is 30.2 Å². The number of nitrogens with zero attached hydrogens (tertiary/aromatic N) is 1. The van der Waals surface area contributed by atoms with Crippen molar-refractivity contribution in [1.29, 1.82) is 0 Å². The Balaban J connectivity index is 2.28. The molecule has 0 aliphatic carbocycles. The number of methoxy groups -OCH3 is 2. The van der Waals surface area contributed by atoms with Gasteiger partial charge >= 0.3 is 0 Å². The molecule has 0 spiro atoms. The Morgan fingerprint density at radius 3 is 2.77 bits per heavy atom. The molecule has 0 bridgehead atoms. The van der Waals surface area contributed by atoms with E-state index in [0.717, 1.165) is 31.4 Å². The molecular formula is C16H23ClN2O3. The summed E-state index contributed by atoms with van der Waals surface area (Å²) in [4.78, 5) is 14.3. The van der Waals surface area contributed by atoms with Crippen LogP contribution in [0.2, 0.25) is 5.02 Å². The van der Waals surface area contributed by atoms with E-state index < -0.39 is 0 Å². The number of likely N-dealkylation sites (N-methyl/N-ethyl adjacent to an activating group) is 1. The lowest BCUT2D eigenvalue weighted by Gasteiger charge is -2.34. The van der Waals surface area contributed by atoms with Crippen molar-refractivity contribution in [2.24, 2.45) is 0 Å². The van der Waals surface area contributed by atoms with Crippen molar-refractivity contribution in [2.75, 3.05) is 27.8 Å². The zero-order chi connectivity index (χ0) is 16.1.